The van der Waals surface area contributed by atoms with Gasteiger partial charge in [-0.1, -0.05) is 30.3 Å². The van der Waals surface area contributed by atoms with Crippen molar-refractivity contribution >= 4 is 40.4 Å². The van der Waals surface area contributed by atoms with Gasteiger partial charge in [-0.05, 0) is 68.5 Å². The maximum atomic E-state index is 13.7. The van der Waals surface area contributed by atoms with Crippen molar-refractivity contribution in [1.82, 2.24) is 26.3 Å². The number of rotatable bonds is 18. The van der Waals surface area contributed by atoms with Crippen molar-refractivity contribution < 1.29 is 34.2 Å². The number of aromatic nitrogens is 1. The van der Waals surface area contributed by atoms with Crippen molar-refractivity contribution in [2.75, 3.05) is 6.54 Å². The molecule has 0 aliphatic rings. The van der Waals surface area contributed by atoms with Crippen LogP contribution < -0.4 is 32.7 Å². The Hall–Kier alpha value is -4.95. The smallest absolute Gasteiger partial charge is 0.245 e. The number of aliphatic hydroxyl groups is 1. The number of para-hydroxylation sites is 1. The van der Waals surface area contributed by atoms with Crippen molar-refractivity contribution in [3.63, 3.8) is 0 Å². The van der Waals surface area contributed by atoms with Gasteiger partial charge in [0.2, 0.25) is 29.5 Å². The van der Waals surface area contributed by atoms with Crippen molar-refractivity contribution in [1.29, 1.82) is 0 Å². The number of phenolic OH excluding ortho intramolecular Hbond substituents is 1. The van der Waals surface area contributed by atoms with E-state index in [1.807, 2.05) is 24.3 Å². The number of aromatic hydroxyl groups is 1. The zero-order valence-corrected chi connectivity index (χ0v) is 26.6. The minimum absolute atomic E-state index is 0.0540. The monoisotopic (exact) mass is 651 g/mol. The highest BCUT2D eigenvalue weighted by Crippen LogP contribution is 2.20. The number of carbonyl (C=O) groups is 5. The molecule has 0 fully saturated rings. The number of aromatic amines is 1. The SMILES string of the molecule is CC(=O)N[C@H](C(=O)N[C@H](CCCCN)C(=O)N[C@H](CC(=O)N[C@@H](Cc1ccc(O)cc1)C(N)=O)Cc1c[nH]c2ccccc12)[C@@H](C)O. The lowest BCUT2D eigenvalue weighted by Gasteiger charge is -2.26. The van der Waals surface area contributed by atoms with Crippen LogP contribution in [0.2, 0.25) is 0 Å². The van der Waals surface area contributed by atoms with E-state index in [-0.39, 0.29) is 31.4 Å². The van der Waals surface area contributed by atoms with Crippen LogP contribution in [0.25, 0.3) is 10.9 Å². The van der Waals surface area contributed by atoms with Crippen LogP contribution in [0.1, 0.15) is 50.7 Å². The van der Waals surface area contributed by atoms with Gasteiger partial charge >= 0.3 is 0 Å². The van der Waals surface area contributed by atoms with Crippen molar-refractivity contribution in [3.05, 3.63) is 65.9 Å². The fourth-order valence-corrected chi connectivity index (χ4v) is 5.26. The zero-order chi connectivity index (χ0) is 34.5. The molecule has 0 saturated heterocycles. The predicted octanol–water partition coefficient (Wildman–Crippen LogP) is 0.00300. The van der Waals surface area contributed by atoms with E-state index in [0.29, 0.717) is 24.9 Å². The summed E-state index contributed by atoms with van der Waals surface area (Å²) >= 11 is 0. The van der Waals surface area contributed by atoms with Crippen LogP contribution in [0, 0.1) is 0 Å². The number of nitrogens with two attached hydrogens (primary N) is 2. The van der Waals surface area contributed by atoms with Crippen LogP contribution in [-0.2, 0) is 36.8 Å². The Morgan fingerprint density at radius 2 is 1.57 bits per heavy atom. The Kier molecular flexibility index (Phi) is 13.7. The fourth-order valence-electron chi connectivity index (χ4n) is 5.26. The van der Waals surface area contributed by atoms with Gasteiger partial charge in [0.25, 0.3) is 0 Å². The van der Waals surface area contributed by atoms with Crippen LogP contribution in [0.4, 0.5) is 0 Å². The van der Waals surface area contributed by atoms with Crippen molar-refractivity contribution in [2.24, 2.45) is 11.5 Å². The maximum Gasteiger partial charge on any atom is 0.245 e. The molecule has 14 heteroatoms. The predicted molar refractivity (Wildman–Crippen MR) is 176 cm³/mol. The van der Waals surface area contributed by atoms with Crippen molar-refractivity contribution in [2.45, 2.75) is 82.6 Å². The largest absolute Gasteiger partial charge is 0.508 e. The lowest BCUT2D eigenvalue weighted by molar-refractivity contribution is -0.134. The van der Waals surface area contributed by atoms with Gasteiger partial charge < -0.3 is 47.9 Å². The van der Waals surface area contributed by atoms with Gasteiger partial charge in [-0.15, -0.1) is 0 Å². The van der Waals surface area contributed by atoms with Gasteiger partial charge in [0, 0.05) is 42.9 Å². The Labute approximate surface area is 273 Å². The Morgan fingerprint density at radius 1 is 0.872 bits per heavy atom. The van der Waals surface area contributed by atoms with E-state index in [2.05, 4.69) is 26.3 Å². The molecule has 1 heterocycles. The lowest BCUT2D eigenvalue weighted by Crippen LogP contribution is -2.58. The molecule has 3 rings (SSSR count). The molecular weight excluding hydrogens is 606 g/mol. The number of carbonyl (C=O) groups excluding carboxylic acids is 5. The van der Waals surface area contributed by atoms with Gasteiger partial charge in [-0.2, -0.15) is 0 Å². The number of primary amides is 1. The highest BCUT2D eigenvalue weighted by molar-refractivity contribution is 5.93. The standard InChI is InChI=1S/C33H45N7O7/c1-19(41)30(37-20(2)42)33(47)40-27(9-5-6-14-34)32(46)38-23(16-22-18-36-26-8-4-3-7-25(22)26)17-29(44)39-28(31(35)45)15-21-10-12-24(43)13-11-21/h3-4,7-8,10-13,18-19,23,27-28,30,36,41,43H,5-6,9,14-17,34H2,1-2H3,(H2,35,45)(H,37,42)(H,38,46)(H,39,44)(H,40,47)/t19-,23+,27-,28+,30+/m1/s1. The van der Waals surface area contributed by atoms with E-state index in [9.17, 15) is 34.2 Å². The van der Waals surface area contributed by atoms with Crippen LogP contribution in [-0.4, -0.2) is 81.5 Å². The molecule has 0 bridgehead atoms. The molecule has 254 valence electrons. The first-order chi connectivity index (χ1) is 22.4. The summed E-state index contributed by atoms with van der Waals surface area (Å²) < 4.78 is 0. The molecule has 0 aliphatic heterocycles. The Balaban J connectivity index is 1.83. The highest BCUT2D eigenvalue weighted by atomic mass is 16.3. The summed E-state index contributed by atoms with van der Waals surface area (Å²) in [6.45, 7) is 2.93. The second kappa shape index (κ2) is 17.7. The molecule has 5 atom stereocenters. The number of fused-ring (bicyclic) bond motifs is 1. The number of amides is 5. The highest BCUT2D eigenvalue weighted by Gasteiger charge is 2.31. The number of hydrogen-bond acceptors (Lipinski definition) is 8. The van der Waals surface area contributed by atoms with Gasteiger partial charge in [-0.3, -0.25) is 24.0 Å². The minimum atomic E-state index is -1.29. The van der Waals surface area contributed by atoms with Crippen LogP contribution in [0.5, 0.6) is 5.75 Å². The molecule has 11 N–H and O–H groups in total. The third-order valence-corrected chi connectivity index (χ3v) is 7.68. The summed E-state index contributed by atoms with van der Waals surface area (Å²) in [5.74, 6) is -3.08. The third kappa shape index (κ3) is 11.4. The molecule has 47 heavy (non-hydrogen) atoms. The average molecular weight is 652 g/mol. The second-order valence-corrected chi connectivity index (χ2v) is 11.6. The van der Waals surface area contributed by atoms with Crippen LogP contribution >= 0.6 is 0 Å². The maximum absolute atomic E-state index is 13.7. The minimum Gasteiger partial charge on any atom is -0.508 e. The van der Waals surface area contributed by atoms with Gasteiger partial charge in [0.15, 0.2) is 0 Å². The van der Waals surface area contributed by atoms with Gasteiger partial charge in [-0.25, -0.2) is 0 Å². The number of unbranched alkanes of at least 4 members (excludes halogenated alkanes) is 1. The first-order valence-corrected chi connectivity index (χ1v) is 15.6. The number of phenols is 1. The molecule has 0 aliphatic carbocycles. The Bertz CT molecular complexity index is 1520. The topological polar surface area (TPSA) is 242 Å². The third-order valence-electron chi connectivity index (χ3n) is 7.68. The number of aliphatic hydroxyl groups excluding tert-OH is 1. The summed E-state index contributed by atoms with van der Waals surface area (Å²) in [5, 5.41) is 31.2. The van der Waals surface area contributed by atoms with E-state index < -0.39 is 59.8 Å². The summed E-state index contributed by atoms with van der Waals surface area (Å²) in [7, 11) is 0. The van der Waals surface area contributed by atoms with Crippen LogP contribution in [0.15, 0.2) is 54.7 Å². The van der Waals surface area contributed by atoms with E-state index in [1.54, 1.807) is 18.3 Å². The molecule has 0 unspecified atom stereocenters. The summed E-state index contributed by atoms with van der Waals surface area (Å²) in [6, 6.07) is 9.54. The number of benzene rings is 2. The summed E-state index contributed by atoms with van der Waals surface area (Å²) in [6.07, 6.45) is 1.95. The molecule has 14 nitrogen and oxygen atoms in total. The molecule has 0 radical (unpaired) electrons. The van der Waals surface area contributed by atoms with E-state index in [4.69, 9.17) is 11.5 Å². The van der Waals surface area contributed by atoms with Gasteiger partial charge in [0.05, 0.1) is 6.10 Å². The first-order valence-electron chi connectivity index (χ1n) is 15.6. The molecule has 0 saturated carbocycles. The quantitative estimate of drug-likeness (QED) is 0.0846. The number of H-pyrrole nitrogens is 1. The Morgan fingerprint density at radius 3 is 2.21 bits per heavy atom. The molecule has 3 aromatic rings. The van der Waals surface area contributed by atoms with E-state index in [0.717, 1.165) is 16.5 Å². The summed E-state index contributed by atoms with van der Waals surface area (Å²) in [4.78, 5) is 67.2. The molecular formula is C33H45N7O7. The number of hydrogen-bond donors (Lipinski definition) is 9. The number of nitrogens with one attached hydrogen (secondary N) is 5. The fraction of sp³-hybridized carbons (Fsp3) is 0.424. The lowest BCUT2D eigenvalue weighted by atomic mass is 10.00. The zero-order valence-electron chi connectivity index (χ0n) is 26.6. The first kappa shape index (κ1) is 36.5. The summed E-state index contributed by atoms with van der Waals surface area (Å²) in [5.41, 5.74) is 13.6. The van der Waals surface area contributed by atoms with E-state index >= 15 is 0 Å². The van der Waals surface area contributed by atoms with Crippen LogP contribution in [0.3, 0.4) is 0 Å². The van der Waals surface area contributed by atoms with E-state index in [1.165, 1.54) is 26.0 Å². The molecule has 1 aromatic heterocycles. The average Bonchev–Trinajstić information content (AvgIpc) is 3.42. The molecule has 2 aromatic carbocycles. The molecule has 5 amide bonds. The van der Waals surface area contributed by atoms with Crippen molar-refractivity contribution in [3.8, 4) is 5.75 Å². The van der Waals surface area contributed by atoms with Gasteiger partial charge in [0.1, 0.15) is 23.9 Å². The molecule has 0 spiro atoms. The normalized spacial score (nSPS) is 14.3. The second-order valence-electron chi connectivity index (χ2n) is 11.6.